The molecule has 4 N–H and O–H groups in total. The minimum absolute atomic E-state index is 0.0362. The van der Waals surface area contributed by atoms with Crippen molar-refractivity contribution in [2.45, 2.75) is 75.5 Å². The first-order valence-corrected chi connectivity index (χ1v) is 7.95. The van der Waals surface area contributed by atoms with Gasteiger partial charge in [-0.1, -0.05) is 0 Å². The molecule has 24 heavy (non-hydrogen) atoms. The van der Waals surface area contributed by atoms with Crippen molar-refractivity contribution in [2.24, 2.45) is 23.3 Å². The molecule has 0 aromatic carbocycles. The summed E-state index contributed by atoms with van der Waals surface area (Å²) in [4.78, 5) is 0. The Morgan fingerprint density at radius 2 is 0.958 bits per heavy atom. The highest BCUT2D eigenvalue weighted by Crippen LogP contribution is 2.43. The van der Waals surface area contributed by atoms with Crippen LogP contribution in [-0.2, 0) is 9.47 Å². The van der Waals surface area contributed by atoms with E-state index in [0.717, 1.165) is 0 Å². The van der Waals surface area contributed by atoms with Gasteiger partial charge < -0.3 is 11.5 Å². The molecule has 0 spiro atoms. The Hall–Kier alpha value is -0.580. The molecule has 2 fully saturated rings. The van der Waals surface area contributed by atoms with Crippen molar-refractivity contribution in [2.75, 3.05) is 0 Å². The van der Waals surface area contributed by atoms with Gasteiger partial charge >= 0.3 is 12.7 Å². The number of halogens is 6. The third kappa shape index (κ3) is 5.75. The SMILES string of the molecule is NC1CCC(C2CCC(N)CC2OC(F)(F)F)C(OC(F)(F)F)C1. The van der Waals surface area contributed by atoms with Crippen LogP contribution in [0.1, 0.15) is 38.5 Å². The maximum atomic E-state index is 12.6. The molecule has 142 valence electrons. The molecule has 0 saturated heterocycles. The number of rotatable bonds is 3. The van der Waals surface area contributed by atoms with E-state index in [1.165, 1.54) is 0 Å². The number of ether oxygens (including phenoxy) is 2. The molecule has 0 amide bonds. The van der Waals surface area contributed by atoms with Gasteiger partial charge in [-0.15, -0.1) is 26.3 Å². The van der Waals surface area contributed by atoms with E-state index in [9.17, 15) is 26.3 Å². The minimum Gasteiger partial charge on any atom is -0.328 e. The molecule has 0 heterocycles. The zero-order chi connectivity index (χ0) is 18.1. The van der Waals surface area contributed by atoms with Gasteiger partial charge in [0, 0.05) is 12.1 Å². The lowest BCUT2D eigenvalue weighted by atomic mass is 9.69. The molecule has 0 radical (unpaired) electrons. The first-order valence-electron chi connectivity index (χ1n) is 7.95. The van der Waals surface area contributed by atoms with Crippen molar-refractivity contribution in [3.8, 4) is 0 Å². The third-order valence-electron chi connectivity index (χ3n) is 4.89. The van der Waals surface area contributed by atoms with Gasteiger partial charge in [-0.05, 0) is 50.4 Å². The van der Waals surface area contributed by atoms with E-state index in [1.54, 1.807) is 0 Å². The van der Waals surface area contributed by atoms with Gasteiger partial charge in [0.05, 0.1) is 12.2 Å². The lowest BCUT2D eigenvalue weighted by Crippen LogP contribution is -2.50. The summed E-state index contributed by atoms with van der Waals surface area (Å²) in [7, 11) is 0. The second-order valence-electron chi connectivity index (χ2n) is 6.68. The Kier molecular flexibility index (Phi) is 6.04. The van der Waals surface area contributed by atoms with Crippen molar-refractivity contribution < 1.29 is 35.8 Å². The summed E-state index contributed by atoms with van der Waals surface area (Å²) in [6.07, 6.45) is -10.8. The van der Waals surface area contributed by atoms with Crippen LogP contribution in [0.15, 0.2) is 0 Å². The fourth-order valence-corrected chi connectivity index (χ4v) is 3.96. The van der Waals surface area contributed by atoms with E-state index in [2.05, 4.69) is 9.47 Å². The van der Waals surface area contributed by atoms with Crippen molar-refractivity contribution in [3.63, 3.8) is 0 Å². The Balaban J connectivity index is 2.16. The maximum Gasteiger partial charge on any atom is 0.522 e. The molecular weight excluding hydrogens is 342 g/mol. The monoisotopic (exact) mass is 364 g/mol. The third-order valence-corrected chi connectivity index (χ3v) is 4.89. The Labute approximate surface area is 135 Å². The molecule has 6 atom stereocenters. The van der Waals surface area contributed by atoms with Crippen LogP contribution in [-0.4, -0.2) is 37.0 Å². The van der Waals surface area contributed by atoms with E-state index in [0.29, 0.717) is 12.8 Å². The van der Waals surface area contributed by atoms with Crippen LogP contribution in [0.3, 0.4) is 0 Å². The van der Waals surface area contributed by atoms with Crippen molar-refractivity contribution in [1.29, 1.82) is 0 Å². The van der Waals surface area contributed by atoms with Crippen LogP contribution in [0.4, 0.5) is 26.3 Å². The molecule has 0 aliphatic heterocycles. The first kappa shape index (κ1) is 19.7. The zero-order valence-electron chi connectivity index (χ0n) is 12.9. The Morgan fingerprint density at radius 1 is 0.625 bits per heavy atom. The van der Waals surface area contributed by atoms with Gasteiger partial charge in [-0.2, -0.15) is 0 Å². The van der Waals surface area contributed by atoms with Crippen LogP contribution in [0.5, 0.6) is 0 Å². The molecule has 0 bridgehead atoms. The predicted octanol–water partition coefficient (Wildman–Crippen LogP) is 3.05. The fraction of sp³-hybridized carbons (Fsp3) is 1.00. The van der Waals surface area contributed by atoms with Gasteiger partial charge in [0.15, 0.2) is 0 Å². The zero-order valence-corrected chi connectivity index (χ0v) is 12.9. The molecule has 2 aliphatic rings. The van der Waals surface area contributed by atoms with Crippen LogP contribution < -0.4 is 11.5 Å². The van der Waals surface area contributed by atoms with Crippen molar-refractivity contribution in [3.05, 3.63) is 0 Å². The van der Waals surface area contributed by atoms with Gasteiger partial charge in [0.25, 0.3) is 0 Å². The molecule has 0 aromatic heterocycles. The fourth-order valence-electron chi connectivity index (χ4n) is 3.96. The van der Waals surface area contributed by atoms with Gasteiger partial charge in [-0.25, -0.2) is 0 Å². The average Bonchev–Trinajstić information content (AvgIpc) is 2.36. The Morgan fingerprint density at radius 3 is 1.25 bits per heavy atom. The molecule has 10 heteroatoms. The largest absolute Gasteiger partial charge is 0.522 e. The molecule has 0 aromatic rings. The van der Waals surface area contributed by atoms with Gasteiger partial charge in [-0.3, -0.25) is 9.47 Å². The van der Waals surface area contributed by atoms with Crippen LogP contribution in [0, 0.1) is 11.8 Å². The second kappa shape index (κ2) is 7.35. The lowest BCUT2D eigenvalue weighted by molar-refractivity contribution is -0.367. The topological polar surface area (TPSA) is 70.5 Å². The van der Waals surface area contributed by atoms with E-state index in [1.807, 2.05) is 0 Å². The smallest absolute Gasteiger partial charge is 0.328 e. The second-order valence-corrected chi connectivity index (χ2v) is 6.68. The predicted molar refractivity (Wildman–Crippen MR) is 72.5 cm³/mol. The Bertz CT molecular complexity index is 379. The molecule has 2 saturated carbocycles. The summed E-state index contributed by atoms with van der Waals surface area (Å²) in [5.74, 6) is -1.38. The summed E-state index contributed by atoms with van der Waals surface area (Å²) in [6.45, 7) is 0. The van der Waals surface area contributed by atoms with E-state index in [-0.39, 0.29) is 25.7 Å². The lowest BCUT2D eigenvalue weighted by Gasteiger charge is -2.44. The van der Waals surface area contributed by atoms with Crippen LogP contribution in [0.25, 0.3) is 0 Å². The van der Waals surface area contributed by atoms with Crippen molar-refractivity contribution >= 4 is 0 Å². The molecule has 2 aliphatic carbocycles. The minimum atomic E-state index is -4.86. The quantitative estimate of drug-likeness (QED) is 0.755. The van der Waals surface area contributed by atoms with Crippen LogP contribution >= 0.6 is 0 Å². The molecule has 2 rings (SSSR count). The van der Waals surface area contributed by atoms with Crippen molar-refractivity contribution in [1.82, 2.24) is 0 Å². The summed E-state index contributed by atoms with van der Waals surface area (Å²) in [5, 5.41) is 0. The normalized spacial score (nSPS) is 39.0. The standard InChI is InChI=1S/C14H22F6N2O2/c15-13(16,17)23-11-5-7(21)1-3-9(11)10-4-2-8(22)6-12(10)24-14(18,19)20/h7-12H,1-6,21-22H2. The summed E-state index contributed by atoms with van der Waals surface area (Å²) < 4.78 is 84.2. The number of hydrogen-bond acceptors (Lipinski definition) is 4. The maximum absolute atomic E-state index is 12.6. The van der Waals surface area contributed by atoms with Crippen LogP contribution in [0.2, 0.25) is 0 Å². The van der Waals surface area contributed by atoms with Gasteiger partial charge in [0.1, 0.15) is 0 Å². The number of hydrogen-bond donors (Lipinski definition) is 2. The van der Waals surface area contributed by atoms with E-state index >= 15 is 0 Å². The highest BCUT2D eigenvalue weighted by molar-refractivity contribution is 4.93. The first-order chi connectivity index (χ1) is 10.9. The highest BCUT2D eigenvalue weighted by Gasteiger charge is 2.48. The summed E-state index contributed by atoms with van der Waals surface area (Å²) in [5.41, 5.74) is 11.4. The molecule has 4 nitrogen and oxygen atoms in total. The summed E-state index contributed by atoms with van der Waals surface area (Å²) in [6, 6.07) is -0.914. The highest BCUT2D eigenvalue weighted by atomic mass is 19.4. The van der Waals surface area contributed by atoms with E-state index < -0.39 is 48.9 Å². The number of alkyl halides is 6. The number of nitrogens with two attached hydrogens (primary N) is 2. The van der Waals surface area contributed by atoms with E-state index in [4.69, 9.17) is 11.5 Å². The molecule has 6 unspecified atom stereocenters. The van der Waals surface area contributed by atoms with Gasteiger partial charge in [0.2, 0.25) is 0 Å². The summed E-state index contributed by atoms with van der Waals surface area (Å²) >= 11 is 0. The molecular formula is C14H22F6N2O2. The average molecular weight is 364 g/mol.